The minimum absolute atomic E-state index is 0.0926. The normalized spacial score (nSPS) is 34.5. The smallest absolute Gasteiger partial charge is 0.169 e. The molecule has 4 aliphatic rings. The van der Waals surface area contributed by atoms with Gasteiger partial charge in [0.2, 0.25) is 0 Å². The third-order valence-electron chi connectivity index (χ3n) is 5.82. The third-order valence-corrected chi connectivity index (χ3v) is 5.82. The molecule has 0 radical (unpaired) electrons. The average Bonchev–Trinajstić information content (AvgIpc) is 2.83. The second-order valence-electron chi connectivity index (χ2n) is 6.61. The van der Waals surface area contributed by atoms with Crippen molar-refractivity contribution in [2.24, 2.45) is 5.92 Å². The highest BCUT2D eigenvalue weighted by atomic mass is 16.5. The molecule has 3 atom stereocenters. The molecule has 1 saturated carbocycles. The lowest BCUT2D eigenvalue weighted by Gasteiger charge is -2.49. The van der Waals surface area contributed by atoms with E-state index in [2.05, 4.69) is 18.2 Å². The largest absolute Gasteiger partial charge is 0.504 e. The first-order valence-corrected chi connectivity index (χ1v) is 7.74. The number of allylic oxidation sites excluding steroid dienone is 2. The van der Waals surface area contributed by atoms with Crippen LogP contribution in [-0.2, 0) is 16.6 Å². The summed E-state index contributed by atoms with van der Waals surface area (Å²) in [7, 11) is 1.71. The van der Waals surface area contributed by atoms with Crippen molar-refractivity contribution >= 4 is 0 Å². The first kappa shape index (κ1) is 11.7. The summed E-state index contributed by atoms with van der Waals surface area (Å²) in [4.78, 5) is 0. The first-order chi connectivity index (χ1) is 10.3. The summed E-state index contributed by atoms with van der Waals surface area (Å²) in [5.41, 5.74) is 3.99. The van der Waals surface area contributed by atoms with Crippen molar-refractivity contribution in [3.8, 4) is 11.5 Å². The van der Waals surface area contributed by atoms with Gasteiger partial charge >= 0.3 is 0 Å². The molecule has 21 heavy (non-hydrogen) atoms. The van der Waals surface area contributed by atoms with Crippen LogP contribution in [0.5, 0.6) is 11.5 Å². The predicted molar refractivity (Wildman–Crippen MR) is 78.4 cm³/mol. The molecule has 1 heterocycles. The summed E-state index contributed by atoms with van der Waals surface area (Å²) in [6.45, 7) is 0. The maximum atomic E-state index is 10.3. The average molecular weight is 282 g/mol. The molecule has 1 fully saturated rings. The third kappa shape index (κ3) is 1.18. The molecule has 0 aromatic heterocycles. The topological polar surface area (TPSA) is 38.7 Å². The highest BCUT2D eigenvalue weighted by molar-refractivity contribution is 5.66. The van der Waals surface area contributed by atoms with Crippen molar-refractivity contribution < 1.29 is 14.6 Å². The van der Waals surface area contributed by atoms with Crippen LogP contribution in [0.4, 0.5) is 0 Å². The van der Waals surface area contributed by atoms with Crippen LogP contribution in [-0.4, -0.2) is 18.3 Å². The van der Waals surface area contributed by atoms with E-state index in [-0.39, 0.29) is 17.3 Å². The van der Waals surface area contributed by atoms with Crippen molar-refractivity contribution in [3.05, 3.63) is 46.7 Å². The molecule has 1 aromatic carbocycles. The Labute approximate surface area is 123 Å². The molecule has 3 heteroatoms. The van der Waals surface area contributed by atoms with Gasteiger partial charge < -0.3 is 14.6 Å². The van der Waals surface area contributed by atoms with Gasteiger partial charge in [0.15, 0.2) is 17.6 Å². The van der Waals surface area contributed by atoms with Gasteiger partial charge in [0.25, 0.3) is 0 Å². The number of hydrogen-bond donors (Lipinski definition) is 1. The van der Waals surface area contributed by atoms with E-state index in [0.717, 1.165) is 18.6 Å². The fourth-order valence-electron chi connectivity index (χ4n) is 5.08. The number of ether oxygens (including phenoxy) is 2. The van der Waals surface area contributed by atoms with Crippen LogP contribution in [0.1, 0.15) is 30.4 Å². The van der Waals surface area contributed by atoms with Gasteiger partial charge in [0.05, 0.1) is 12.5 Å². The lowest BCUT2D eigenvalue weighted by molar-refractivity contribution is 0.0948. The lowest BCUT2D eigenvalue weighted by atomic mass is 9.53. The zero-order valence-electron chi connectivity index (χ0n) is 12.1. The summed E-state index contributed by atoms with van der Waals surface area (Å²) in [6, 6.07) is 3.87. The number of methoxy groups -OCH3 is 1. The molecule has 1 spiro atoms. The van der Waals surface area contributed by atoms with Gasteiger partial charge in [0, 0.05) is 5.56 Å². The fourth-order valence-corrected chi connectivity index (χ4v) is 5.08. The molecule has 3 nitrogen and oxygen atoms in total. The molecule has 108 valence electrons. The molecular formula is C18H18O3. The van der Waals surface area contributed by atoms with Gasteiger partial charge in [-0.3, -0.25) is 0 Å². The molecular weight excluding hydrogens is 264 g/mol. The molecule has 0 amide bonds. The number of hydrogen-bond acceptors (Lipinski definition) is 3. The molecule has 1 aliphatic heterocycles. The van der Waals surface area contributed by atoms with Crippen molar-refractivity contribution in [3.63, 3.8) is 0 Å². The number of aromatic hydroxyl groups is 1. The highest BCUT2D eigenvalue weighted by Crippen LogP contribution is 2.64. The molecule has 3 aliphatic carbocycles. The van der Waals surface area contributed by atoms with Crippen molar-refractivity contribution in [2.45, 2.75) is 37.2 Å². The van der Waals surface area contributed by atoms with Gasteiger partial charge in [-0.15, -0.1) is 0 Å². The second-order valence-corrected chi connectivity index (χ2v) is 6.61. The number of phenols is 1. The van der Waals surface area contributed by atoms with E-state index in [9.17, 15) is 5.11 Å². The van der Waals surface area contributed by atoms with Gasteiger partial charge in [-0.1, -0.05) is 24.1 Å². The molecule has 1 aromatic rings. The highest BCUT2D eigenvalue weighted by Gasteiger charge is 2.60. The van der Waals surface area contributed by atoms with Crippen LogP contribution < -0.4 is 4.74 Å². The van der Waals surface area contributed by atoms with Crippen LogP contribution in [0.2, 0.25) is 0 Å². The minimum Gasteiger partial charge on any atom is -0.504 e. The van der Waals surface area contributed by atoms with Crippen LogP contribution in [0.3, 0.4) is 0 Å². The van der Waals surface area contributed by atoms with Crippen molar-refractivity contribution in [2.75, 3.05) is 7.11 Å². The maximum absolute atomic E-state index is 10.3. The van der Waals surface area contributed by atoms with Gasteiger partial charge in [-0.25, -0.2) is 0 Å². The predicted octanol–water partition coefficient (Wildman–Crippen LogP) is 3.22. The Hall–Kier alpha value is -1.90. The van der Waals surface area contributed by atoms with Crippen LogP contribution in [0.25, 0.3) is 0 Å². The molecule has 1 N–H and O–H groups in total. The number of rotatable bonds is 1. The van der Waals surface area contributed by atoms with E-state index >= 15 is 0 Å². The lowest BCUT2D eigenvalue weighted by Crippen LogP contribution is -2.50. The fraction of sp³-hybridized carbons (Fsp3) is 0.444. The summed E-state index contributed by atoms with van der Waals surface area (Å²) in [5.74, 6) is 2.44. The van der Waals surface area contributed by atoms with Crippen LogP contribution in [0, 0.1) is 5.92 Å². The maximum Gasteiger partial charge on any atom is 0.169 e. The summed E-state index contributed by atoms with van der Waals surface area (Å²) in [6.07, 6.45) is 8.84. The van der Waals surface area contributed by atoms with E-state index in [0.29, 0.717) is 11.7 Å². The van der Waals surface area contributed by atoms with Crippen molar-refractivity contribution in [1.82, 2.24) is 0 Å². The SMILES string of the molecule is COC1=CC=C2[C@@H]3CCC[C@@]24c2c(ccc(O)c2O[C@@H]14)C3. The van der Waals surface area contributed by atoms with E-state index in [4.69, 9.17) is 9.47 Å². The minimum atomic E-state index is -0.104. The van der Waals surface area contributed by atoms with Gasteiger partial charge in [0.1, 0.15) is 5.76 Å². The Balaban J connectivity index is 1.87. The quantitative estimate of drug-likeness (QED) is 0.859. The number of benzene rings is 1. The Kier molecular flexibility index (Phi) is 2.04. The zero-order chi connectivity index (χ0) is 14.2. The zero-order valence-corrected chi connectivity index (χ0v) is 12.1. The molecule has 0 unspecified atom stereocenters. The van der Waals surface area contributed by atoms with Crippen LogP contribution >= 0.6 is 0 Å². The Bertz CT molecular complexity index is 715. The van der Waals surface area contributed by atoms with E-state index in [1.165, 1.54) is 29.5 Å². The van der Waals surface area contributed by atoms with E-state index < -0.39 is 0 Å². The van der Waals surface area contributed by atoms with E-state index in [1.54, 1.807) is 13.2 Å². The Morgan fingerprint density at radius 1 is 1.33 bits per heavy atom. The summed E-state index contributed by atoms with van der Waals surface area (Å²) < 4.78 is 11.8. The number of phenolic OH excluding ortho intramolecular Hbond substituents is 1. The molecule has 2 bridgehead atoms. The van der Waals surface area contributed by atoms with Gasteiger partial charge in [-0.05, 0) is 42.9 Å². The Morgan fingerprint density at radius 2 is 2.24 bits per heavy atom. The van der Waals surface area contributed by atoms with Crippen LogP contribution in [0.15, 0.2) is 35.6 Å². The second kappa shape index (κ2) is 3.65. The van der Waals surface area contributed by atoms with Gasteiger partial charge in [-0.2, -0.15) is 0 Å². The standard InChI is InChI=1S/C18H18O3/c1-20-14-7-5-12-10-3-2-8-18(12)15-11(9-10)4-6-13(19)16(15)21-17(14)18/h4-7,10,17,19H,2-3,8-9H2,1H3/t10-,17+,18+/m1/s1. The summed E-state index contributed by atoms with van der Waals surface area (Å²) in [5, 5.41) is 10.3. The Morgan fingerprint density at radius 3 is 3.10 bits per heavy atom. The monoisotopic (exact) mass is 282 g/mol. The van der Waals surface area contributed by atoms with Crippen molar-refractivity contribution in [1.29, 1.82) is 0 Å². The summed E-state index contributed by atoms with van der Waals surface area (Å²) >= 11 is 0. The van der Waals surface area contributed by atoms with E-state index in [1.807, 2.05) is 0 Å². The first-order valence-electron chi connectivity index (χ1n) is 7.74. The molecule has 0 saturated heterocycles. The molecule has 5 rings (SSSR count).